The Morgan fingerprint density at radius 2 is 1.39 bits per heavy atom. The molecular weight excluding hydrogens is 494 g/mol. The predicted molar refractivity (Wildman–Crippen MR) is 141 cm³/mol. The maximum absolute atomic E-state index is 12.6. The summed E-state index contributed by atoms with van der Waals surface area (Å²) in [6, 6.07) is 3.07. The topological polar surface area (TPSA) is 151 Å². The molecule has 1 aromatic rings. The monoisotopic (exact) mass is 537 g/mol. The molecule has 0 aromatic heterocycles. The molecule has 10 heteroatoms. The van der Waals surface area contributed by atoms with Crippen LogP contribution < -0.4 is 15.2 Å². The van der Waals surface area contributed by atoms with Crippen LogP contribution in [0.4, 0.5) is 4.79 Å². The molecule has 1 aromatic carbocycles. The first-order valence-electron chi connectivity index (χ1n) is 13.0. The number of carboxylic acids is 1. The van der Waals surface area contributed by atoms with E-state index in [1.54, 1.807) is 54.5 Å². The molecule has 0 heterocycles. The number of carbonyl (C=O) groups is 4. The van der Waals surface area contributed by atoms with Gasteiger partial charge in [-0.05, 0) is 58.2 Å². The summed E-state index contributed by atoms with van der Waals surface area (Å²) in [4.78, 5) is 49.3. The number of ether oxygens (including phenoxy) is 4. The van der Waals surface area contributed by atoms with Crippen LogP contribution in [0.1, 0.15) is 86.6 Å². The minimum absolute atomic E-state index is 0.0278. The van der Waals surface area contributed by atoms with Crippen molar-refractivity contribution < 1.29 is 43.2 Å². The molecule has 5 unspecified atom stereocenters. The molecular formula is C28H43NO9. The number of carbonyl (C=O) groups excluding carboxylic acids is 3. The van der Waals surface area contributed by atoms with Gasteiger partial charge in [0.2, 0.25) is 0 Å². The number of benzene rings is 1. The molecule has 0 spiro atoms. The number of nitrogens with two attached hydrogens (primary N) is 1. The van der Waals surface area contributed by atoms with Crippen molar-refractivity contribution in [3.05, 3.63) is 23.8 Å². The van der Waals surface area contributed by atoms with E-state index in [4.69, 9.17) is 24.7 Å². The van der Waals surface area contributed by atoms with Crippen LogP contribution >= 0.6 is 0 Å². The van der Waals surface area contributed by atoms with E-state index >= 15 is 0 Å². The van der Waals surface area contributed by atoms with Gasteiger partial charge in [0.15, 0.2) is 11.5 Å². The van der Waals surface area contributed by atoms with E-state index < -0.39 is 59.6 Å². The molecule has 0 aliphatic carbocycles. The molecule has 214 valence electrons. The maximum atomic E-state index is 12.6. The highest BCUT2D eigenvalue weighted by Crippen LogP contribution is 2.38. The second-order valence-electron chi connectivity index (χ2n) is 10.7. The van der Waals surface area contributed by atoms with Gasteiger partial charge in [-0.2, -0.15) is 0 Å². The van der Waals surface area contributed by atoms with E-state index in [9.17, 15) is 24.3 Å². The summed E-state index contributed by atoms with van der Waals surface area (Å²) in [5.41, 5.74) is 5.73. The lowest BCUT2D eigenvalue weighted by Crippen LogP contribution is -2.43. The molecule has 0 fully saturated rings. The van der Waals surface area contributed by atoms with Crippen molar-refractivity contribution in [2.24, 2.45) is 23.5 Å². The Morgan fingerprint density at radius 3 is 1.84 bits per heavy atom. The maximum Gasteiger partial charge on any atom is 0.509 e. The fourth-order valence-electron chi connectivity index (χ4n) is 3.46. The predicted octanol–water partition coefficient (Wildman–Crippen LogP) is 5.06. The third-order valence-electron chi connectivity index (χ3n) is 6.45. The Kier molecular flexibility index (Phi) is 12.2. The van der Waals surface area contributed by atoms with Crippen LogP contribution in [-0.4, -0.2) is 46.9 Å². The van der Waals surface area contributed by atoms with Gasteiger partial charge in [0.25, 0.3) is 0 Å². The zero-order valence-corrected chi connectivity index (χ0v) is 23.9. The van der Waals surface area contributed by atoms with Crippen molar-refractivity contribution in [3.63, 3.8) is 0 Å². The van der Waals surface area contributed by atoms with Gasteiger partial charge in [-0.25, -0.2) is 4.79 Å². The smallest absolute Gasteiger partial charge is 0.480 e. The molecule has 0 radical (unpaired) electrons. The molecule has 0 saturated carbocycles. The SMILES string of the molecule is CCC(C)C(=O)Oc1ccc(C(C(C)C(C)OC(=O)OC(C)(C)C)[C@H](N)C(=O)O)cc1OC(=O)C(C)CC. The van der Waals surface area contributed by atoms with E-state index in [0.29, 0.717) is 18.4 Å². The fraction of sp³-hybridized carbons (Fsp3) is 0.643. The average molecular weight is 538 g/mol. The van der Waals surface area contributed by atoms with E-state index in [1.807, 2.05) is 13.8 Å². The van der Waals surface area contributed by atoms with E-state index in [0.717, 1.165) is 0 Å². The normalized spacial score (nSPS) is 16.3. The van der Waals surface area contributed by atoms with Crippen LogP contribution in [0.2, 0.25) is 0 Å². The standard InChI is InChI=1S/C28H43NO9/c1-10-15(3)25(32)36-20-13-12-19(14-21(20)37-26(33)16(4)11-2)22(23(29)24(30)31)17(5)18(6)35-27(34)38-28(7,8)9/h12-18,22-23H,10-11,29H2,1-9H3,(H,30,31)/t15?,16?,17?,18?,22?,23-/m0/s1. The summed E-state index contributed by atoms with van der Waals surface area (Å²) in [5.74, 6) is -4.56. The number of hydrogen-bond acceptors (Lipinski definition) is 9. The zero-order chi connectivity index (χ0) is 29.4. The third-order valence-corrected chi connectivity index (χ3v) is 6.45. The summed E-state index contributed by atoms with van der Waals surface area (Å²) in [7, 11) is 0. The van der Waals surface area contributed by atoms with Crippen molar-refractivity contribution >= 4 is 24.1 Å². The molecule has 38 heavy (non-hydrogen) atoms. The van der Waals surface area contributed by atoms with Crippen LogP contribution in [-0.2, 0) is 23.9 Å². The number of aliphatic carboxylic acids is 1. The zero-order valence-electron chi connectivity index (χ0n) is 23.9. The van der Waals surface area contributed by atoms with Gasteiger partial charge in [0.1, 0.15) is 17.7 Å². The third kappa shape index (κ3) is 9.63. The molecule has 0 aliphatic heterocycles. The van der Waals surface area contributed by atoms with Gasteiger partial charge in [-0.15, -0.1) is 0 Å². The molecule has 10 nitrogen and oxygen atoms in total. The molecule has 0 amide bonds. The van der Waals surface area contributed by atoms with Gasteiger partial charge in [-0.1, -0.05) is 40.7 Å². The summed E-state index contributed by atoms with van der Waals surface area (Å²) in [5, 5.41) is 9.75. The summed E-state index contributed by atoms with van der Waals surface area (Å²) < 4.78 is 21.7. The quantitative estimate of drug-likeness (QED) is 0.273. The van der Waals surface area contributed by atoms with Gasteiger partial charge in [0, 0.05) is 11.8 Å². The van der Waals surface area contributed by atoms with Crippen LogP contribution in [0.25, 0.3) is 0 Å². The first-order valence-corrected chi connectivity index (χ1v) is 13.0. The first-order chi connectivity index (χ1) is 17.5. The van der Waals surface area contributed by atoms with E-state index in [1.165, 1.54) is 12.1 Å². The molecule has 0 saturated heterocycles. The minimum Gasteiger partial charge on any atom is -0.480 e. The Bertz CT molecular complexity index is 985. The van der Waals surface area contributed by atoms with Crippen molar-refractivity contribution in [2.75, 3.05) is 0 Å². The fourth-order valence-corrected chi connectivity index (χ4v) is 3.46. The Balaban J connectivity index is 3.48. The molecule has 3 N–H and O–H groups in total. The van der Waals surface area contributed by atoms with Gasteiger partial charge < -0.3 is 29.8 Å². The van der Waals surface area contributed by atoms with Crippen molar-refractivity contribution in [3.8, 4) is 11.5 Å². The Morgan fingerprint density at radius 1 is 0.895 bits per heavy atom. The van der Waals surface area contributed by atoms with Crippen LogP contribution in [0.5, 0.6) is 11.5 Å². The minimum atomic E-state index is -1.39. The number of rotatable bonds is 12. The highest BCUT2D eigenvalue weighted by atomic mass is 16.7. The lowest BCUT2D eigenvalue weighted by atomic mass is 9.79. The summed E-state index contributed by atoms with van der Waals surface area (Å²) >= 11 is 0. The highest BCUT2D eigenvalue weighted by Gasteiger charge is 2.36. The first kappa shape index (κ1) is 32.9. The lowest BCUT2D eigenvalue weighted by Gasteiger charge is -2.32. The molecule has 0 aliphatic rings. The number of hydrogen-bond donors (Lipinski definition) is 2. The molecule has 6 atom stereocenters. The van der Waals surface area contributed by atoms with Gasteiger partial charge in [-0.3, -0.25) is 14.4 Å². The highest BCUT2D eigenvalue weighted by molar-refractivity contribution is 5.79. The largest absolute Gasteiger partial charge is 0.509 e. The lowest BCUT2D eigenvalue weighted by molar-refractivity contribution is -0.141. The van der Waals surface area contributed by atoms with Gasteiger partial charge >= 0.3 is 24.1 Å². The molecule has 0 bridgehead atoms. The van der Waals surface area contributed by atoms with Crippen molar-refractivity contribution in [1.29, 1.82) is 0 Å². The Hall–Kier alpha value is -3.14. The second kappa shape index (κ2) is 14.1. The second-order valence-corrected chi connectivity index (χ2v) is 10.7. The summed E-state index contributed by atoms with van der Waals surface area (Å²) in [6.45, 7) is 15.5. The number of esters is 2. The van der Waals surface area contributed by atoms with E-state index in [-0.39, 0.29) is 17.4 Å². The van der Waals surface area contributed by atoms with Gasteiger partial charge in [0.05, 0.1) is 11.8 Å². The van der Waals surface area contributed by atoms with Crippen LogP contribution in [0.15, 0.2) is 18.2 Å². The van der Waals surface area contributed by atoms with Crippen molar-refractivity contribution in [1.82, 2.24) is 0 Å². The van der Waals surface area contributed by atoms with Crippen molar-refractivity contribution in [2.45, 2.75) is 98.8 Å². The Labute approximate surface area is 225 Å². The van der Waals surface area contributed by atoms with Crippen LogP contribution in [0.3, 0.4) is 0 Å². The number of carboxylic acid groups (broad SMARTS) is 1. The van der Waals surface area contributed by atoms with Crippen LogP contribution in [0, 0.1) is 17.8 Å². The molecule has 1 rings (SSSR count). The summed E-state index contributed by atoms with van der Waals surface area (Å²) in [6.07, 6.45) is -0.588. The average Bonchev–Trinajstić information content (AvgIpc) is 2.82. The van der Waals surface area contributed by atoms with E-state index in [2.05, 4.69) is 0 Å².